The van der Waals surface area contributed by atoms with Crippen molar-refractivity contribution in [2.75, 3.05) is 39.5 Å². The van der Waals surface area contributed by atoms with Crippen LogP contribution in [0.25, 0.3) is 6.08 Å². The maximum Gasteiger partial charge on any atom is 0.163 e. The van der Waals surface area contributed by atoms with Gasteiger partial charge in [0.15, 0.2) is 17.3 Å². The van der Waals surface area contributed by atoms with Crippen LogP contribution in [0.4, 0.5) is 5.82 Å². The first kappa shape index (κ1) is 41.4. The number of rotatable bonds is 22. The molecule has 1 aliphatic heterocycles. The number of hydrogen-bond acceptors (Lipinski definition) is 8. The third-order valence-corrected chi connectivity index (χ3v) is 11.0. The van der Waals surface area contributed by atoms with Crippen molar-refractivity contribution in [1.82, 2.24) is 15.6 Å². The second-order valence-corrected chi connectivity index (χ2v) is 15.1. The Morgan fingerprint density at radius 3 is 2.38 bits per heavy atom. The van der Waals surface area contributed by atoms with Crippen LogP contribution in [0.1, 0.15) is 90.3 Å². The van der Waals surface area contributed by atoms with Crippen LogP contribution in [-0.4, -0.2) is 55.4 Å². The smallest absolute Gasteiger partial charge is 0.163 e. The number of allylic oxidation sites excluding steroid dienone is 1. The Hall–Kier alpha value is -4.79. The van der Waals surface area contributed by atoms with Gasteiger partial charge < -0.3 is 26.2 Å². The quantitative estimate of drug-likeness (QED) is 0.0364. The predicted octanol–water partition coefficient (Wildman–Crippen LogP) is 7.87. The molecular formula is C47H60N4O4. The van der Waals surface area contributed by atoms with Crippen molar-refractivity contribution in [3.05, 3.63) is 124 Å². The molecule has 8 nitrogen and oxygen atoms in total. The van der Waals surface area contributed by atoms with Crippen LogP contribution in [0.5, 0.6) is 11.5 Å². The van der Waals surface area contributed by atoms with Crippen LogP contribution < -0.4 is 21.1 Å². The summed E-state index contributed by atoms with van der Waals surface area (Å²) in [7, 11) is 3.53. The average molecular weight is 745 g/mol. The zero-order valence-electron chi connectivity index (χ0n) is 32.8. The molecule has 292 valence electrons. The number of carbonyl (C=O) groups excluding carboxylic acids is 2. The summed E-state index contributed by atoms with van der Waals surface area (Å²) in [4.78, 5) is 30.1. The second-order valence-electron chi connectivity index (χ2n) is 15.1. The van der Waals surface area contributed by atoms with Gasteiger partial charge in [-0.15, -0.1) is 0 Å². The minimum Gasteiger partial charge on any atom is -0.504 e. The number of unbranched alkanes of at least 4 members (excludes halogenated alkanes) is 2. The summed E-state index contributed by atoms with van der Waals surface area (Å²) in [5.74, 6) is 1.97. The van der Waals surface area contributed by atoms with Gasteiger partial charge in [-0.25, -0.2) is 4.98 Å². The topological polar surface area (TPSA) is 127 Å². The minimum atomic E-state index is -0.233. The number of nitrogens with zero attached hydrogens (tertiary/aromatic N) is 1. The summed E-state index contributed by atoms with van der Waals surface area (Å²) in [6.07, 6.45) is 15.9. The van der Waals surface area contributed by atoms with E-state index in [1.54, 1.807) is 24.4 Å². The number of Topliss-reactive ketones (excluding diaryl/α,β-unsaturated/α-hetero) is 1. The van der Waals surface area contributed by atoms with Gasteiger partial charge in [-0.3, -0.25) is 9.59 Å². The molecule has 0 bridgehead atoms. The van der Waals surface area contributed by atoms with Crippen molar-refractivity contribution in [3.63, 3.8) is 0 Å². The first-order chi connectivity index (χ1) is 26.8. The molecule has 0 saturated carbocycles. The molecule has 55 heavy (non-hydrogen) atoms. The number of carbonyl (C=O) groups is 2. The van der Waals surface area contributed by atoms with Gasteiger partial charge in [0, 0.05) is 12.6 Å². The lowest BCUT2D eigenvalue weighted by Crippen LogP contribution is -2.35. The number of hydrogen-bond donors (Lipinski definition) is 4. The summed E-state index contributed by atoms with van der Waals surface area (Å²) in [6.45, 7) is 3.26. The highest BCUT2D eigenvalue weighted by molar-refractivity contribution is 6.06. The lowest BCUT2D eigenvalue weighted by atomic mass is 9.81. The van der Waals surface area contributed by atoms with E-state index in [-0.39, 0.29) is 23.7 Å². The summed E-state index contributed by atoms with van der Waals surface area (Å²) in [5, 5.41) is 17.6. The molecule has 5 N–H and O–H groups in total. The highest BCUT2D eigenvalue weighted by Gasteiger charge is 2.22. The van der Waals surface area contributed by atoms with Crippen LogP contribution >= 0.6 is 0 Å². The largest absolute Gasteiger partial charge is 0.504 e. The number of ketones is 2. The van der Waals surface area contributed by atoms with E-state index in [9.17, 15) is 14.7 Å². The van der Waals surface area contributed by atoms with Crippen LogP contribution in [0.2, 0.25) is 0 Å². The van der Waals surface area contributed by atoms with Gasteiger partial charge in [0.1, 0.15) is 11.6 Å². The number of phenolic OH excluding ortho intramolecular Hbond substituents is 1. The number of ether oxygens (including phenoxy) is 1. The number of methoxy groups -OCH3 is 1. The van der Waals surface area contributed by atoms with Crippen LogP contribution in [-0.2, 0) is 41.7 Å². The molecule has 1 aromatic heterocycles. The summed E-state index contributed by atoms with van der Waals surface area (Å²) < 4.78 is 5.41. The molecule has 5 rings (SSSR count). The molecule has 0 amide bonds. The predicted molar refractivity (Wildman–Crippen MR) is 224 cm³/mol. The number of anilines is 1. The molecule has 1 fully saturated rings. The van der Waals surface area contributed by atoms with E-state index < -0.39 is 0 Å². The minimum absolute atomic E-state index is 0.0152. The third kappa shape index (κ3) is 13.5. The fourth-order valence-electron chi connectivity index (χ4n) is 7.91. The maximum atomic E-state index is 13.0. The van der Waals surface area contributed by atoms with Crippen molar-refractivity contribution in [2.24, 2.45) is 11.8 Å². The lowest BCUT2D eigenvalue weighted by Gasteiger charge is -2.30. The number of nitrogens with one attached hydrogen (secondary N) is 2. The number of phenols is 1. The molecule has 2 heterocycles. The van der Waals surface area contributed by atoms with E-state index in [4.69, 9.17) is 10.5 Å². The lowest BCUT2D eigenvalue weighted by molar-refractivity contribution is -0.124. The number of nitrogens with two attached hydrogens (primary N) is 1. The second kappa shape index (κ2) is 21.9. The molecule has 0 unspecified atom stereocenters. The molecular weight excluding hydrogens is 685 g/mol. The zero-order valence-corrected chi connectivity index (χ0v) is 32.8. The van der Waals surface area contributed by atoms with Gasteiger partial charge in [-0.05, 0) is 160 Å². The van der Waals surface area contributed by atoms with Gasteiger partial charge in [-0.2, -0.15) is 0 Å². The number of aromatic hydroxyl groups is 1. The Labute approximate surface area is 328 Å². The van der Waals surface area contributed by atoms with Crippen LogP contribution in [0, 0.1) is 11.8 Å². The summed E-state index contributed by atoms with van der Waals surface area (Å²) >= 11 is 0. The molecule has 3 aromatic carbocycles. The Kier molecular flexibility index (Phi) is 16.5. The van der Waals surface area contributed by atoms with E-state index in [0.29, 0.717) is 30.3 Å². The van der Waals surface area contributed by atoms with Gasteiger partial charge >= 0.3 is 0 Å². The van der Waals surface area contributed by atoms with Gasteiger partial charge in [0.05, 0.1) is 13.5 Å². The number of aromatic nitrogens is 1. The number of benzene rings is 3. The number of nitrogen functional groups attached to an aromatic ring is 1. The third-order valence-electron chi connectivity index (χ3n) is 11.0. The Balaban J connectivity index is 1.17. The Morgan fingerprint density at radius 1 is 0.909 bits per heavy atom. The Bertz CT molecular complexity index is 1850. The van der Waals surface area contributed by atoms with Crippen LogP contribution in [0.15, 0.2) is 85.1 Å². The van der Waals surface area contributed by atoms with Gasteiger partial charge in [0.2, 0.25) is 0 Å². The number of aryl methyl sites for hydroxylation is 4. The molecule has 0 radical (unpaired) electrons. The molecule has 0 spiro atoms. The number of piperidine rings is 1. The van der Waals surface area contributed by atoms with Crippen molar-refractivity contribution < 1.29 is 19.4 Å². The molecule has 8 heteroatoms. The first-order valence-corrected chi connectivity index (χ1v) is 20.1. The SMILES string of the molecule is CNC[C@H](CCCCCC(=O)CC(=O)C=Cc1cc(OC)c(O)cc1Cc1cnc(N)cc1CCc1cccc(CCc2ccccc2)c1)C1CCNCC1. The van der Waals surface area contributed by atoms with E-state index in [1.807, 2.05) is 19.2 Å². The summed E-state index contributed by atoms with van der Waals surface area (Å²) in [5.41, 5.74) is 13.7. The molecule has 1 aliphatic rings. The molecule has 1 saturated heterocycles. The van der Waals surface area contributed by atoms with E-state index in [1.165, 1.54) is 49.1 Å². The van der Waals surface area contributed by atoms with E-state index in [2.05, 4.69) is 64.1 Å². The van der Waals surface area contributed by atoms with Crippen molar-refractivity contribution in [1.29, 1.82) is 0 Å². The van der Waals surface area contributed by atoms with Crippen molar-refractivity contribution >= 4 is 23.5 Å². The monoisotopic (exact) mass is 744 g/mol. The van der Waals surface area contributed by atoms with Crippen molar-refractivity contribution in [2.45, 2.75) is 83.5 Å². The normalized spacial score (nSPS) is 13.9. The van der Waals surface area contributed by atoms with Gasteiger partial charge in [-0.1, -0.05) is 73.5 Å². The van der Waals surface area contributed by atoms with Crippen molar-refractivity contribution in [3.8, 4) is 11.5 Å². The highest BCUT2D eigenvalue weighted by Crippen LogP contribution is 2.32. The van der Waals surface area contributed by atoms with Gasteiger partial charge in [0.25, 0.3) is 0 Å². The van der Waals surface area contributed by atoms with Crippen LogP contribution in [0.3, 0.4) is 0 Å². The first-order valence-electron chi connectivity index (χ1n) is 20.1. The maximum absolute atomic E-state index is 13.0. The van der Waals surface area contributed by atoms with E-state index >= 15 is 0 Å². The Morgan fingerprint density at radius 2 is 1.64 bits per heavy atom. The standard InChI is InChI=1S/C47H60N4O4/c1-49-32-40(37-22-24-50-25-23-37)14-7-4-8-15-43(52)31-44(53)21-20-38-29-46(55-2)45(54)28-41(38)27-42-33-51-47(48)30-39(42)19-18-36-13-9-12-35(26-36)17-16-34-10-5-3-6-11-34/h3,5-6,9-13,20-21,26,28-30,33,37,40,49-50,54H,4,7-8,14-19,22-25,27,31-32H2,1-2H3,(H2,48,51)/t40-/m0/s1. The zero-order chi connectivity index (χ0) is 38.8. The highest BCUT2D eigenvalue weighted by atomic mass is 16.5. The van der Waals surface area contributed by atoms with E-state index in [0.717, 1.165) is 92.8 Å². The number of pyridine rings is 1. The fourth-order valence-corrected chi connectivity index (χ4v) is 7.91. The molecule has 4 aromatic rings. The summed E-state index contributed by atoms with van der Waals surface area (Å²) in [6, 6.07) is 24.7. The molecule has 0 aliphatic carbocycles. The fraction of sp³-hybridized carbons (Fsp3) is 0.426. The average Bonchev–Trinajstić information content (AvgIpc) is 3.20. The molecule has 1 atom stereocenters.